The van der Waals surface area contributed by atoms with Crippen LogP contribution in [0.1, 0.15) is 26.3 Å². The van der Waals surface area contributed by atoms with Crippen molar-refractivity contribution in [1.29, 1.82) is 0 Å². The van der Waals surface area contributed by atoms with Crippen molar-refractivity contribution in [2.24, 2.45) is 11.7 Å². The van der Waals surface area contributed by atoms with Crippen LogP contribution in [0.25, 0.3) is 0 Å². The fraction of sp³-hybridized carbons (Fsp3) is 0.462. The first-order chi connectivity index (χ1) is 7.84. The van der Waals surface area contributed by atoms with Gasteiger partial charge in [0, 0.05) is 18.7 Å². The summed E-state index contributed by atoms with van der Waals surface area (Å²) in [6, 6.07) is 6.12. The van der Waals surface area contributed by atoms with E-state index in [1.54, 1.807) is 0 Å². The first-order valence-electron chi connectivity index (χ1n) is 5.66. The van der Waals surface area contributed by atoms with E-state index in [2.05, 4.69) is 25.7 Å². The van der Waals surface area contributed by atoms with Gasteiger partial charge >= 0.3 is 0 Å². The summed E-state index contributed by atoms with van der Waals surface area (Å²) in [5.74, 6) is 0.561. The molecule has 0 spiro atoms. The van der Waals surface area contributed by atoms with Crippen molar-refractivity contribution < 1.29 is 0 Å². The van der Waals surface area contributed by atoms with E-state index >= 15 is 0 Å². The molecule has 17 heavy (non-hydrogen) atoms. The normalized spacial score (nSPS) is 12.6. The molecule has 94 valence electrons. The predicted molar refractivity (Wildman–Crippen MR) is 80.0 cm³/mol. The van der Waals surface area contributed by atoms with Gasteiger partial charge in [0.2, 0.25) is 0 Å². The molecular weight excluding hydrogens is 252 g/mol. The highest BCUT2D eigenvalue weighted by Crippen LogP contribution is 2.28. The number of nitrogens with zero attached hydrogens (tertiary/aromatic N) is 1. The second-order valence-electron chi connectivity index (χ2n) is 4.63. The lowest BCUT2D eigenvalue weighted by Gasteiger charge is -2.30. The van der Waals surface area contributed by atoms with Gasteiger partial charge < -0.3 is 10.6 Å². The molecule has 2 nitrogen and oxygen atoms in total. The van der Waals surface area contributed by atoms with Crippen molar-refractivity contribution in [1.82, 2.24) is 0 Å². The highest BCUT2D eigenvalue weighted by Gasteiger charge is 2.16. The quantitative estimate of drug-likeness (QED) is 0.850. The summed E-state index contributed by atoms with van der Waals surface area (Å²) in [5, 5.41) is 0.685. The molecule has 0 saturated carbocycles. The molecule has 0 aliphatic carbocycles. The van der Waals surface area contributed by atoms with E-state index in [1.807, 2.05) is 25.2 Å². The minimum absolute atomic E-state index is 0.373. The maximum atomic E-state index is 6.26. The zero-order valence-corrected chi connectivity index (χ0v) is 12.3. The summed E-state index contributed by atoms with van der Waals surface area (Å²) >= 11 is 11.2. The van der Waals surface area contributed by atoms with Gasteiger partial charge in [-0.05, 0) is 31.0 Å². The summed E-state index contributed by atoms with van der Waals surface area (Å²) < 4.78 is 0. The van der Waals surface area contributed by atoms with Gasteiger partial charge in [0.15, 0.2) is 0 Å². The molecule has 1 unspecified atom stereocenters. The number of thiocarbonyl (C=S) groups is 1. The smallest absolute Gasteiger partial charge is 0.104 e. The third-order valence-corrected chi connectivity index (χ3v) is 3.73. The molecule has 4 heteroatoms. The van der Waals surface area contributed by atoms with E-state index in [0.717, 1.165) is 11.3 Å². The summed E-state index contributed by atoms with van der Waals surface area (Å²) in [5.41, 5.74) is 7.39. The zero-order valence-electron chi connectivity index (χ0n) is 10.7. The fourth-order valence-electron chi connectivity index (χ4n) is 1.61. The third-order valence-electron chi connectivity index (χ3n) is 3.19. The van der Waals surface area contributed by atoms with E-state index in [-0.39, 0.29) is 0 Å². The summed E-state index contributed by atoms with van der Waals surface area (Å²) in [4.78, 5) is 2.55. The first kappa shape index (κ1) is 14.3. The van der Waals surface area contributed by atoms with Gasteiger partial charge in [-0.1, -0.05) is 37.7 Å². The van der Waals surface area contributed by atoms with E-state index in [1.165, 1.54) is 0 Å². The van der Waals surface area contributed by atoms with Crippen molar-refractivity contribution >= 4 is 34.5 Å². The third kappa shape index (κ3) is 3.33. The zero-order chi connectivity index (χ0) is 13.2. The molecule has 1 rings (SSSR count). The second kappa shape index (κ2) is 5.69. The molecule has 1 aromatic rings. The molecule has 2 N–H and O–H groups in total. The Morgan fingerprint density at radius 2 is 1.94 bits per heavy atom. The van der Waals surface area contributed by atoms with E-state index in [9.17, 15) is 0 Å². The Bertz CT molecular complexity index is 418. The molecule has 0 amide bonds. The summed E-state index contributed by atoms with van der Waals surface area (Å²) in [7, 11) is 2.05. The van der Waals surface area contributed by atoms with Gasteiger partial charge in [0.1, 0.15) is 4.99 Å². The summed E-state index contributed by atoms with van der Waals surface area (Å²) in [6.45, 7) is 6.57. The van der Waals surface area contributed by atoms with Crippen LogP contribution in [0.15, 0.2) is 18.2 Å². The van der Waals surface area contributed by atoms with Gasteiger partial charge in [0.25, 0.3) is 0 Å². The lowest BCUT2D eigenvalue weighted by Crippen LogP contribution is -2.33. The molecular formula is C13H19ClN2S. The van der Waals surface area contributed by atoms with Crippen molar-refractivity contribution in [2.75, 3.05) is 11.9 Å². The van der Waals surface area contributed by atoms with Crippen LogP contribution >= 0.6 is 23.8 Å². The first-order valence-corrected chi connectivity index (χ1v) is 6.45. The van der Waals surface area contributed by atoms with Crippen LogP contribution in [0.5, 0.6) is 0 Å². The van der Waals surface area contributed by atoms with Crippen molar-refractivity contribution in [3.8, 4) is 0 Å². The monoisotopic (exact) mass is 270 g/mol. The molecule has 0 aliphatic heterocycles. The predicted octanol–water partition coefficient (Wildman–Crippen LogP) is 3.45. The molecule has 0 fully saturated rings. The number of benzene rings is 1. The standard InChI is InChI=1S/C13H19ClN2S/c1-8(2)9(3)16(4)12-6-5-10(13(15)17)7-11(12)14/h5-9H,1-4H3,(H2,15,17). The number of anilines is 1. The van der Waals surface area contributed by atoms with Crippen LogP contribution < -0.4 is 10.6 Å². The van der Waals surface area contributed by atoms with Gasteiger partial charge in [-0.15, -0.1) is 0 Å². The van der Waals surface area contributed by atoms with Gasteiger partial charge in [0.05, 0.1) is 10.7 Å². The topological polar surface area (TPSA) is 29.3 Å². The van der Waals surface area contributed by atoms with Crippen molar-refractivity contribution in [3.63, 3.8) is 0 Å². The Balaban J connectivity index is 3.03. The number of nitrogens with two attached hydrogens (primary N) is 1. The number of hydrogen-bond acceptors (Lipinski definition) is 2. The average molecular weight is 271 g/mol. The van der Waals surface area contributed by atoms with Crippen LogP contribution in [-0.2, 0) is 0 Å². The SMILES string of the molecule is CC(C)C(C)N(C)c1ccc(C(N)=S)cc1Cl. The number of hydrogen-bond donors (Lipinski definition) is 1. The maximum Gasteiger partial charge on any atom is 0.104 e. The Labute approximate surface area is 114 Å². The van der Waals surface area contributed by atoms with Crippen LogP contribution in [0, 0.1) is 5.92 Å². The number of rotatable bonds is 4. The van der Waals surface area contributed by atoms with E-state index in [4.69, 9.17) is 29.6 Å². The maximum absolute atomic E-state index is 6.26. The van der Waals surface area contributed by atoms with Crippen molar-refractivity contribution in [2.45, 2.75) is 26.8 Å². The van der Waals surface area contributed by atoms with Gasteiger partial charge in [-0.25, -0.2) is 0 Å². The van der Waals surface area contributed by atoms with E-state index < -0.39 is 0 Å². The van der Waals surface area contributed by atoms with E-state index in [0.29, 0.717) is 22.0 Å². The molecule has 0 aliphatic rings. The molecule has 0 radical (unpaired) electrons. The minimum Gasteiger partial charge on any atom is -0.389 e. The minimum atomic E-state index is 0.373. The molecule has 0 saturated heterocycles. The van der Waals surface area contributed by atoms with Gasteiger partial charge in [-0.3, -0.25) is 0 Å². The van der Waals surface area contributed by atoms with Crippen molar-refractivity contribution in [3.05, 3.63) is 28.8 Å². The highest BCUT2D eigenvalue weighted by molar-refractivity contribution is 7.80. The molecule has 1 aromatic carbocycles. The molecule has 0 aromatic heterocycles. The lowest BCUT2D eigenvalue weighted by atomic mass is 10.0. The van der Waals surface area contributed by atoms with Crippen LogP contribution in [-0.4, -0.2) is 18.1 Å². The Kier molecular flexibility index (Phi) is 4.78. The second-order valence-corrected chi connectivity index (χ2v) is 5.47. The van der Waals surface area contributed by atoms with Gasteiger partial charge in [-0.2, -0.15) is 0 Å². The fourth-order valence-corrected chi connectivity index (χ4v) is 2.05. The summed E-state index contributed by atoms with van der Waals surface area (Å²) in [6.07, 6.45) is 0. The Morgan fingerprint density at radius 3 is 2.35 bits per heavy atom. The molecule has 1 atom stereocenters. The Morgan fingerprint density at radius 1 is 1.35 bits per heavy atom. The van der Waals surface area contributed by atoms with Crippen LogP contribution in [0.4, 0.5) is 5.69 Å². The number of halogens is 1. The highest BCUT2D eigenvalue weighted by atomic mass is 35.5. The molecule has 0 heterocycles. The Hall–Kier alpha value is -0.800. The van der Waals surface area contributed by atoms with Crippen LogP contribution in [0.3, 0.4) is 0 Å². The largest absolute Gasteiger partial charge is 0.389 e. The lowest BCUT2D eigenvalue weighted by molar-refractivity contribution is 0.505. The van der Waals surface area contributed by atoms with Crippen LogP contribution in [0.2, 0.25) is 5.02 Å². The molecule has 0 bridgehead atoms. The average Bonchev–Trinajstić information content (AvgIpc) is 2.26.